The van der Waals surface area contributed by atoms with E-state index in [4.69, 9.17) is 9.15 Å². The lowest BCUT2D eigenvalue weighted by molar-refractivity contribution is 0.0594. The maximum Gasteiger partial charge on any atom is 0.289 e. The minimum atomic E-state index is -3.11. The summed E-state index contributed by atoms with van der Waals surface area (Å²) in [7, 11) is -1.56. The van der Waals surface area contributed by atoms with Gasteiger partial charge in [-0.05, 0) is 30.7 Å². The fraction of sp³-hybridized carbons (Fsp3) is 0.368. The van der Waals surface area contributed by atoms with Gasteiger partial charge in [0.05, 0.1) is 28.3 Å². The Labute approximate surface area is 166 Å². The molecule has 0 bridgehead atoms. The molecule has 9 heteroatoms. The first-order chi connectivity index (χ1) is 13.5. The van der Waals surface area contributed by atoms with Gasteiger partial charge in [-0.25, -0.2) is 13.4 Å². The first-order valence-corrected chi connectivity index (χ1v) is 11.6. The normalized spacial score (nSPS) is 18.5. The number of hydrogen-bond donors (Lipinski definition) is 0. The van der Waals surface area contributed by atoms with E-state index >= 15 is 0 Å². The fourth-order valence-corrected chi connectivity index (χ4v) is 6.01. The second-order valence-electron chi connectivity index (χ2n) is 6.70. The maximum atomic E-state index is 13.0. The quantitative estimate of drug-likeness (QED) is 0.609. The predicted molar refractivity (Wildman–Crippen MR) is 107 cm³/mol. The highest BCUT2D eigenvalue weighted by Crippen LogP contribution is 2.31. The van der Waals surface area contributed by atoms with Gasteiger partial charge >= 0.3 is 0 Å². The molecule has 1 atom stereocenters. The standard InChI is InChI=1S/C19H20N2O5S2/c1-25-10-9-21(13-8-11-28(23,24)12-13)19(22)16-7-6-15(26-16)18-20-14-4-2-3-5-17(14)27-18/h2-7,13H,8-12H2,1H3. The lowest BCUT2D eigenvalue weighted by Gasteiger charge is -2.27. The molecule has 1 aliphatic heterocycles. The number of fused-ring (bicyclic) bond motifs is 1. The monoisotopic (exact) mass is 420 g/mol. The van der Waals surface area contributed by atoms with Crippen LogP contribution in [0.5, 0.6) is 0 Å². The van der Waals surface area contributed by atoms with Crippen LogP contribution in [-0.4, -0.2) is 62.0 Å². The van der Waals surface area contributed by atoms with E-state index < -0.39 is 9.84 Å². The molecule has 2 aromatic heterocycles. The van der Waals surface area contributed by atoms with Gasteiger partial charge in [-0.1, -0.05) is 12.1 Å². The van der Waals surface area contributed by atoms with Gasteiger partial charge in [0.2, 0.25) is 0 Å². The molecule has 0 N–H and O–H groups in total. The summed E-state index contributed by atoms with van der Waals surface area (Å²) in [4.78, 5) is 19.1. The summed E-state index contributed by atoms with van der Waals surface area (Å²) in [6.07, 6.45) is 0.434. The summed E-state index contributed by atoms with van der Waals surface area (Å²) < 4.78 is 35.6. The van der Waals surface area contributed by atoms with Crippen LogP contribution in [0.4, 0.5) is 0 Å². The molecule has 4 rings (SSSR count). The zero-order valence-corrected chi connectivity index (χ0v) is 17.0. The first kappa shape index (κ1) is 19.1. The van der Waals surface area contributed by atoms with Crippen LogP contribution in [0.15, 0.2) is 40.8 Å². The molecule has 1 saturated heterocycles. The van der Waals surface area contributed by atoms with Crippen molar-refractivity contribution in [3.63, 3.8) is 0 Å². The van der Waals surface area contributed by atoms with Crippen molar-refractivity contribution in [2.24, 2.45) is 0 Å². The minimum Gasteiger partial charge on any atom is -0.448 e. The molecular weight excluding hydrogens is 400 g/mol. The number of carbonyl (C=O) groups excluding carboxylic acids is 1. The van der Waals surface area contributed by atoms with Crippen molar-refractivity contribution < 1.29 is 22.4 Å². The third kappa shape index (κ3) is 3.82. The molecular formula is C19H20N2O5S2. The Balaban J connectivity index is 1.59. The summed E-state index contributed by atoms with van der Waals surface area (Å²) in [6.45, 7) is 0.639. The lowest BCUT2D eigenvalue weighted by Crippen LogP contribution is -2.42. The number of methoxy groups -OCH3 is 1. The summed E-state index contributed by atoms with van der Waals surface area (Å²) in [6, 6.07) is 10.8. The van der Waals surface area contributed by atoms with Crippen LogP contribution in [0.25, 0.3) is 21.0 Å². The lowest BCUT2D eigenvalue weighted by atomic mass is 10.2. The number of sulfone groups is 1. The Morgan fingerprint density at radius 1 is 1.32 bits per heavy atom. The average molecular weight is 421 g/mol. The van der Waals surface area contributed by atoms with Crippen molar-refractivity contribution in [1.82, 2.24) is 9.88 Å². The minimum absolute atomic E-state index is 0.0200. The molecule has 7 nitrogen and oxygen atoms in total. The number of aromatic nitrogens is 1. The van der Waals surface area contributed by atoms with E-state index in [1.165, 1.54) is 11.3 Å². The van der Waals surface area contributed by atoms with E-state index in [0.717, 1.165) is 10.2 Å². The van der Waals surface area contributed by atoms with E-state index in [-0.39, 0.29) is 29.2 Å². The Morgan fingerprint density at radius 3 is 2.86 bits per heavy atom. The molecule has 0 saturated carbocycles. The van der Waals surface area contributed by atoms with Crippen LogP contribution in [-0.2, 0) is 14.6 Å². The molecule has 1 fully saturated rings. The molecule has 3 aromatic rings. The van der Waals surface area contributed by atoms with Crippen LogP contribution in [0.2, 0.25) is 0 Å². The topological polar surface area (TPSA) is 89.7 Å². The number of para-hydroxylation sites is 1. The molecule has 1 amide bonds. The number of furan rings is 1. The highest BCUT2D eigenvalue weighted by molar-refractivity contribution is 7.91. The number of carbonyl (C=O) groups is 1. The van der Waals surface area contributed by atoms with E-state index in [1.807, 2.05) is 24.3 Å². The third-order valence-corrected chi connectivity index (χ3v) is 7.57. The zero-order valence-electron chi connectivity index (χ0n) is 15.3. The van der Waals surface area contributed by atoms with E-state index in [0.29, 0.717) is 30.3 Å². The second kappa shape index (κ2) is 7.65. The van der Waals surface area contributed by atoms with Gasteiger partial charge < -0.3 is 14.1 Å². The summed E-state index contributed by atoms with van der Waals surface area (Å²) in [5, 5.41) is 0.701. The van der Waals surface area contributed by atoms with Crippen molar-refractivity contribution in [2.75, 3.05) is 31.8 Å². The Bertz CT molecular complexity index is 1070. The molecule has 1 aromatic carbocycles. The van der Waals surface area contributed by atoms with Gasteiger partial charge in [-0.2, -0.15) is 0 Å². The first-order valence-electron chi connectivity index (χ1n) is 8.93. The second-order valence-corrected chi connectivity index (χ2v) is 9.96. The van der Waals surface area contributed by atoms with Gasteiger partial charge in [0.1, 0.15) is 0 Å². The molecule has 0 spiro atoms. The van der Waals surface area contributed by atoms with Crippen molar-refractivity contribution >= 4 is 37.3 Å². The Hall–Kier alpha value is -2.23. The van der Waals surface area contributed by atoms with Gasteiger partial charge in [0, 0.05) is 19.7 Å². The average Bonchev–Trinajstić information content (AvgIpc) is 3.39. The van der Waals surface area contributed by atoms with Crippen LogP contribution in [0.3, 0.4) is 0 Å². The fourth-order valence-electron chi connectivity index (χ4n) is 3.35. The zero-order chi connectivity index (χ0) is 19.7. The highest BCUT2D eigenvalue weighted by atomic mass is 32.2. The van der Waals surface area contributed by atoms with Crippen molar-refractivity contribution in [3.8, 4) is 10.8 Å². The van der Waals surface area contributed by atoms with Crippen LogP contribution in [0.1, 0.15) is 17.0 Å². The molecule has 28 heavy (non-hydrogen) atoms. The molecule has 148 valence electrons. The number of ether oxygens (including phenoxy) is 1. The van der Waals surface area contributed by atoms with Crippen molar-refractivity contribution in [2.45, 2.75) is 12.5 Å². The highest BCUT2D eigenvalue weighted by Gasteiger charge is 2.35. The van der Waals surface area contributed by atoms with E-state index in [2.05, 4.69) is 4.98 Å². The van der Waals surface area contributed by atoms with Gasteiger partial charge in [-0.15, -0.1) is 11.3 Å². The predicted octanol–water partition coefficient (Wildman–Crippen LogP) is 2.83. The smallest absolute Gasteiger partial charge is 0.289 e. The van der Waals surface area contributed by atoms with E-state index in [9.17, 15) is 13.2 Å². The van der Waals surface area contributed by atoms with Crippen molar-refractivity contribution in [3.05, 3.63) is 42.2 Å². The number of benzene rings is 1. The number of thiazole rings is 1. The number of hydrogen-bond acceptors (Lipinski definition) is 7. The summed E-state index contributed by atoms with van der Waals surface area (Å²) >= 11 is 1.49. The van der Waals surface area contributed by atoms with Crippen LogP contribution in [0, 0.1) is 0 Å². The molecule has 0 aliphatic carbocycles. The van der Waals surface area contributed by atoms with Crippen molar-refractivity contribution in [1.29, 1.82) is 0 Å². The van der Waals surface area contributed by atoms with Crippen LogP contribution >= 0.6 is 11.3 Å². The number of rotatable bonds is 6. The van der Waals surface area contributed by atoms with E-state index in [1.54, 1.807) is 24.1 Å². The summed E-state index contributed by atoms with van der Waals surface area (Å²) in [5.41, 5.74) is 0.879. The maximum absolute atomic E-state index is 13.0. The van der Waals surface area contributed by atoms with Gasteiger partial charge in [0.25, 0.3) is 5.91 Å². The molecule has 0 radical (unpaired) electrons. The van der Waals surface area contributed by atoms with Gasteiger partial charge in [-0.3, -0.25) is 4.79 Å². The third-order valence-electron chi connectivity index (χ3n) is 4.77. The SMILES string of the molecule is COCCN(C(=O)c1ccc(-c2nc3ccccc3s2)o1)C1CCS(=O)(=O)C1. The number of amides is 1. The Kier molecular flexibility index (Phi) is 5.22. The van der Waals surface area contributed by atoms with Crippen LogP contribution < -0.4 is 0 Å². The molecule has 3 heterocycles. The summed E-state index contributed by atoms with van der Waals surface area (Å²) in [5.74, 6) is 0.452. The Morgan fingerprint density at radius 2 is 2.14 bits per heavy atom. The molecule has 1 unspecified atom stereocenters. The van der Waals surface area contributed by atoms with Gasteiger partial charge in [0.15, 0.2) is 26.4 Å². The number of nitrogens with zero attached hydrogens (tertiary/aromatic N) is 2. The largest absolute Gasteiger partial charge is 0.448 e. The molecule has 1 aliphatic rings.